The Balaban J connectivity index is 0.907. The van der Waals surface area contributed by atoms with Crippen molar-refractivity contribution >= 4 is 34.8 Å². The van der Waals surface area contributed by atoms with E-state index in [9.17, 15) is 0 Å². The lowest BCUT2D eigenvalue weighted by atomic mass is 9.66. The molecule has 0 N–H and O–H groups in total. The van der Waals surface area contributed by atoms with E-state index in [1.807, 2.05) is 0 Å². The predicted octanol–water partition coefficient (Wildman–Crippen LogP) is 15.8. The molecular weight excluding hydrogens is 735 g/mol. The highest BCUT2D eigenvalue weighted by Crippen LogP contribution is 2.59. The van der Waals surface area contributed by atoms with E-state index in [0.717, 1.165) is 24.2 Å². The molecule has 292 valence electrons. The van der Waals surface area contributed by atoms with E-state index in [4.69, 9.17) is 0 Å². The van der Waals surface area contributed by atoms with E-state index in [0.29, 0.717) is 0 Å². The molecule has 3 aliphatic rings. The van der Waals surface area contributed by atoms with Gasteiger partial charge in [0, 0.05) is 22.5 Å². The van der Waals surface area contributed by atoms with Crippen LogP contribution in [0.2, 0.25) is 0 Å². The van der Waals surface area contributed by atoms with Crippen LogP contribution in [0.4, 0.5) is 17.1 Å². The Morgan fingerprint density at radius 3 is 1.66 bits per heavy atom. The minimum atomic E-state index is -0.360. The van der Waals surface area contributed by atoms with Crippen molar-refractivity contribution < 1.29 is 0 Å². The Morgan fingerprint density at radius 1 is 0.459 bits per heavy atom. The van der Waals surface area contributed by atoms with Gasteiger partial charge in [-0.1, -0.05) is 202 Å². The highest BCUT2D eigenvalue weighted by molar-refractivity contribution is 5.95. The van der Waals surface area contributed by atoms with Crippen LogP contribution in [0, 0.1) is 0 Å². The van der Waals surface area contributed by atoms with Crippen LogP contribution in [-0.4, -0.2) is 0 Å². The Labute approximate surface area is 360 Å². The molecule has 0 atom stereocenters. The third-order valence-corrected chi connectivity index (χ3v) is 13.4. The first-order chi connectivity index (χ1) is 30.0. The van der Waals surface area contributed by atoms with Gasteiger partial charge in [-0.3, -0.25) is 0 Å². The first-order valence-corrected chi connectivity index (χ1v) is 21.6. The molecule has 0 aromatic heterocycles. The number of anilines is 3. The molecule has 0 fully saturated rings. The summed E-state index contributed by atoms with van der Waals surface area (Å²) >= 11 is 0. The maximum Gasteiger partial charge on any atom is 0.0710 e. The highest BCUT2D eigenvalue weighted by atomic mass is 15.1. The molecule has 61 heavy (non-hydrogen) atoms. The van der Waals surface area contributed by atoms with Gasteiger partial charge in [-0.2, -0.15) is 0 Å². The van der Waals surface area contributed by atoms with Crippen molar-refractivity contribution in [3.63, 3.8) is 0 Å². The zero-order valence-corrected chi connectivity index (χ0v) is 34.7. The molecule has 0 bridgehead atoms. The van der Waals surface area contributed by atoms with Crippen molar-refractivity contribution in [2.45, 2.75) is 37.5 Å². The second-order valence-electron chi connectivity index (χ2n) is 17.2. The molecule has 0 saturated carbocycles. The Morgan fingerprint density at radius 2 is 1.02 bits per heavy atom. The smallest absolute Gasteiger partial charge is 0.0710 e. The zero-order chi connectivity index (χ0) is 41.0. The molecular formula is C60H47N. The summed E-state index contributed by atoms with van der Waals surface area (Å²) in [5.74, 6) is 0. The van der Waals surface area contributed by atoms with Crippen LogP contribution >= 0.6 is 0 Å². The van der Waals surface area contributed by atoms with Gasteiger partial charge in [-0.15, -0.1) is 0 Å². The summed E-state index contributed by atoms with van der Waals surface area (Å²) in [5.41, 5.74) is 21.6. The topological polar surface area (TPSA) is 3.24 Å². The van der Waals surface area contributed by atoms with Crippen molar-refractivity contribution in [2.75, 3.05) is 4.90 Å². The number of hydrogen-bond acceptors (Lipinski definition) is 1. The van der Waals surface area contributed by atoms with Gasteiger partial charge in [0.05, 0.1) is 5.41 Å². The number of rotatable bonds is 8. The summed E-state index contributed by atoms with van der Waals surface area (Å²) in [4.78, 5) is 2.36. The van der Waals surface area contributed by atoms with E-state index >= 15 is 0 Å². The number of fused-ring (bicyclic) bond motifs is 5. The molecule has 0 heterocycles. The van der Waals surface area contributed by atoms with Crippen LogP contribution in [0.25, 0.3) is 40.0 Å². The lowest BCUT2D eigenvalue weighted by Crippen LogP contribution is -2.29. The first-order valence-electron chi connectivity index (χ1n) is 21.6. The molecule has 1 nitrogen and oxygen atoms in total. The van der Waals surface area contributed by atoms with E-state index in [2.05, 4.69) is 243 Å². The van der Waals surface area contributed by atoms with E-state index in [-0.39, 0.29) is 10.8 Å². The highest BCUT2D eigenvalue weighted by Gasteiger charge is 2.48. The first kappa shape index (κ1) is 36.8. The van der Waals surface area contributed by atoms with Crippen LogP contribution in [0.1, 0.15) is 71.2 Å². The van der Waals surface area contributed by atoms with E-state index in [1.54, 1.807) is 0 Å². The summed E-state index contributed by atoms with van der Waals surface area (Å²) in [6.45, 7) is 4.74. The third-order valence-electron chi connectivity index (χ3n) is 13.4. The number of nitrogens with zero attached hydrogens (tertiary/aromatic N) is 1. The second kappa shape index (κ2) is 14.8. The van der Waals surface area contributed by atoms with Crippen molar-refractivity contribution in [1.29, 1.82) is 0 Å². The molecule has 0 saturated heterocycles. The standard InChI is InChI=1S/C60H47N/c1-59(2)56-40-43(34-38-51(56)52-39-37-49(41-57(52)59)61(47-22-11-5-12-23-47)48-24-13-6-14-25-48)31-30-42-32-35-44(36-33-42)50-27-17-29-55-58(50)53-26-15-16-28-54(53)60(55,45-18-7-3-8-19-45)46-20-9-4-10-21-46/h3-14,16-25,27-41H,15,26H2,1-2H3/b31-30+. The van der Waals surface area contributed by atoms with Gasteiger partial charge >= 0.3 is 0 Å². The van der Waals surface area contributed by atoms with Crippen molar-refractivity contribution in [2.24, 2.45) is 0 Å². The Bertz CT molecular complexity index is 2930. The minimum Gasteiger partial charge on any atom is -0.310 e. The molecule has 11 rings (SSSR count). The fourth-order valence-electron chi connectivity index (χ4n) is 10.6. The Kier molecular flexibility index (Phi) is 8.94. The maximum absolute atomic E-state index is 2.41. The Hall–Kier alpha value is -7.22. The molecule has 0 radical (unpaired) electrons. The van der Waals surface area contributed by atoms with Gasteiger partial charge in [-0.25, -0.2) is 0 Å². The quantitative estimate of drug-likeness (QED) is 0.139. The third kappa shape index (κ3) is 5.99. The van der Waals surface area contributed by atoms with Gasteiger partial charge in [0.25, 0.3) is 0 Å². The van der Waals surface area contributed by atoms with Gasteiger partial charge in [0.1, 0.15) is 0 Å². The molecule has 8 aromatic rings. The number of hydrogen-bond donors (Lipinski definition) is 0. The molecule has 0 spiro atoms. The fourth-order valence-corrected chi connectivity index (χ4v) is 10.6. The molecule has 3 aliphatic carbocycles. The number of para-hydroxylation sites is 2. The largest absolute Gasteiger partial charge is 0.310 e. The van der Waals surface area contributed by atoms with Gasteiger partial charge in [0.15, 0.2) is 0 Å². The van der Waals surface area contributed by atoms with Gasteiger partial charge in [0.2, 0.25) is 0 Å². The molecule has 1 heteroatoms. The number of allylic oxidation sites excluding steroid dienone is 4. The molecule has 0 unspecified atom stereocenters. The van der Waals surface area contributed by atoms with Crippen molar-refractivity contribution in [1.82, 2.24) is 0 Å². The lowest BCUT2D eigenvalue weighted by molar-refractivity contribution is 0.660. The van der Waals surface area contributed by atoms with Crippen LogP contribution in [0.15, 0.2) is 218 Å². The average Bonchev–Trinajstić information content (AvgIpc) is 3.75. The molecule has 0 aliphatic heterocycles. The SMILES string of the molecule is CC1(C)c2cc(/C=C/c3ccc(-c4cccc5c4C4=C(C=CCC4)C5(c4ccccc4)c4ccccc4)cc3)ccc2-c2ccc(N(c3ccccc3)c3ccccc3)cc21. The zero-order valence-electron chi connectivity index (χ0n) is 34.7. The van der Waals surface area contributed by atoms with Crippen LogP contribution in [0.3, 0.4) is 0 Å². The van der Waals surface area contributed by atoms with Gasteiger partial charge < -0.3 is 4.90 Å². The summed E-state index contributed by atoms with van der Waals surface area (Å²) in [6.07, 6.45) is 11.4. The lowest BCUT2D eigenvalue weighted by Gasteiger charge is -2.35. The molecule has 0 amide bonds. The van der Waals surface area contributed by atoms with Crippen LogP contribution in [0.5, 0.6) is 0 Å². The molecule has 8 aromatic carbocycles. The van der Waals surface area contributed by atoms with Crippen molar-refractivity contribution in [3.8, 4) is 22.3 Å². The normalized spacial score (nSPS) is 15.3. The monoisotopic (exact) mass is 781 g/mol. The minimum absolute atomic E-state index is 0.150. The van der Waals surface area contributed by atoms with Crippen LogP contribution < -0.4 is 4.90 Å². The summed E-state index contributed by atoms with van der Waals surface area (Å²) in [7, 11) is 0. The predicted molar refractivity (Wildman–Crippen MR) is 258 cm³/mol. The number of benzene rings is 8. The van der Waals surface area contributed by atoms with Crippen molar-refractivity contribution in [3.05, 3.63) is 262 Å². The van der Waals surface area contributed by atoms with E-state index in [1.165, 1.54) is 83.6 Å². The average molecular weight is 782 g/mol. The summed E-state index contributed by atoms with van der Waals surface area (Å²) in [5, 5.41) is 0. The summed E-state index contributed by atoms with van der Waals surface area (Å²) in [6, 6.07) is 73.7. The van der Waals surface area contributed by atoms with Crippen LogP contribution in [-0.2, 0) is 10.8 Å². The maximum atomic E-state index is 2.41. The fraction of sp³-hybridized carbons (Fsp3) is 0.100. The van der Waals surface area contributed by atoms with Gasteiger partial charge in [-0.05, 0) is 127 Å². The second-order valence-corrected chi connectivity index (χ2v) is 17.2. The summed E-state index contributed by atoms with van der Waals surface area (Å²) < 4.78 is 0. The van der Waals surface area contributed by atoms with E-state index < -0.39 is 0 Å².